The van der Waals surface area contributed by atoms with E-state index in [1.807, 2.05) is 30.3 Å². The third-order valence-electron chi connectivity index (χ3n) is 4.09. The maximum absolute atomic E-state index is 12.3. The number of benzene rings is 2. The SMILES string of the molecule is CC[C@@H](CNC(=O)[C@H](C)Oc1ccc([N+](=O)[O-])cc1Cl)c1ccccc1. The van der Waals surface area contributed by atoms with Crippen LogP contribution in [0.5, 0.6) is 5.75 Å². The van der Waals surface area contributed by atoms with Gasteiger partial charge in [0.25, 0.3) is 11.6 Å². The van der Waals surface area contributed by atoms with Crippen LogP contribution in [0.15, 0.2) is 48.5 Å². The van der Waals surface area contributed by atoms with E-state index in [9.17, 15) is 14.9 Å². The molecule has 0 aromatic heterocycles. The summed E-state index contributed by atoms with van der Waals surface area (Å²) in [7, 11) is 0. The van der Waals surface area contributed by atoms with Crippen LogP contribution in [0.2, 0.25) is 5.02 Å². The van der Waals surface area contributed by atoms with Crippen molar-refractivity contribution in [1.29, 1.82) is 0 Å². The lowest BCUT2D eigenvalue weighted by Gasteiger charge is -2.19. The van der Waals surface area contributed by atoms with Crippen LogP contribution in [-0.4, -0.2) is 23.5 Å². The first kappa shape index (κ1) is 19.7. The van der Waals surface area contributed by atoms with Crippen molar-refractivity contribution >= 4 is 23.2 Å². The van der Waals surface area contributed by atoms with Gasteiger partial charge in [-0.05, 0) is 25.0 Å². The molecule has 0 spiro atoms. The monoisotopic (exact) mass is 376 g/mol. The number of nitrogens with zero attached hydrogens (tertiary/aromatic N) is 1. The highest BCUT2D eigenvalue weighted by molar-refractivity contribution is 6.32. The number of ether oxygens (including phenoxy) is 1. The summed E-state index contributed by atoms with van der Waals surface area (Å²) in [5, 5.41) is 13.7. The summed E-state index contributed by atoms with van der Waals surface area (Å²) in [5.74, 6) is 0.180. The Morgan fingerprint density at radius 3 is 2.54 bits per heavy atom. The van der Waals surface area contributed by atoms with Gasteiger partial charge in [-0.2, -0.15) is 0 Å². The number of halogens is 1. The molecular formula is C19H21ClN2O4. The summed E-state index contributed by atoms with van der Waals surface area (Å²) in [5.41, 5.74) is 1.04. The van der Waals surface area contributed by atoms with Crippen LogP contribution in [0.3, 0.4) is 0 Å². The Hall–Kier alpha value is -2.60. The lowest BCUT2D eigenvalue weighted by atomic mass is 9.96. The van der Waals surface area contributed by atoms with Gasteiger partial charge in [-0.15, -0.1) is 0 Å². The van der Waals surface area contributed by atoms with E-state index < -0.39 is 11.0 Å². The summed E-state index contributed by atoms with van der Waals surface area (Å²) in [4.78, 5) is 22.5. The molecule has 0 aliphatic heterocycles. The molecule has 138 valence electrons. The average Bonchev–Trinajstić information content (AvgIpc) is 2.64. The number of carbonyl (C=O) groups excluding carboxylic acids is 1. The van der Waals surface area contributed by atoms with Crippen LogP contribution in [0.25, 0.3) is 0 Å². The van der Waals surface area contributed by atoms with Crippen molar-refractivity contribution in [3.05, 3.63) is 69.2 Å². The topological polar surface area (TPSA) is 81.5 Å². The number of hydrogen-bond acceptors (Lipinski definition) is 4. The Kier molecular flexibility index (Phi) is 6.97. The van der Waals surface area contributed by atoms with E-state index in [0.717, 1.165) is 6.42 Å². The van der Waals surface area contributed by atoms with Gasteiger partial charge in [0.2, 0.25) is 0 Å². The maximum atomic E-state index is 12.3. The quantitative estimate of drug-likeness (QED) is 0.549. The molecule has 1 N–H and O–H groups in total. The first-order valence-corrected chi connectivity index (χ1v) is 8.73. The molecule has 0 aliphatic carbocycles. The van der Waals surface area contributed by atoms with Crippen molar-refractivity contribution < 1.29 is 14.5 Å². The number of amides is 1. The van der Waals surface area contributed by atoms with E-state index in [1.54, 1.807) is 6.92 Å². The van der Waals surface area contributed by atoms with Crippen molar-refractivity contribution in [3.8, 4) is 5.75 Å². The lowest BCUT2D eigenvalue weighted by Crippen LogP contribution is -2.38. The molecule has 1 amide bonds. The molecule has 2 aromatic rings. The van der Waals surface area contributed by atoms with Crippen LogP contribution in [-0.2, 0) is 4.79 Å². The molecule has 6 nitrogen and oxygen atoms in total. The molecule has 0 saturated heterocycles. The number of hydrogen-bond donors (Lipinski definition) is 1. The standard InChI is InChI=1S/C19H21ClN2O4/c1-3-14(15-7-5-4-6-8-15)12-21-19(23)13(2)26-18-10-9-16(22(24)25)11-17(18)20/h4-11,13-14H,3,12H2,1-2H3,(H,21,23)/t13-,14-/m0/s1. The van der Waals surface area contributed by atoms with Crippen LogP contribution < -0.4 is 10.1 Å². The predicted molar refractivity (Wildman–Crippen MR) is 101 cm³/mol. The Bertz CT molecular complexity index is 767. The van der Waals surface area contributed by atoms with Crippen LogP contribution >= 0.6 is 11.6 Å². The van der Waals surface area contributed by atoms with E-state index in [0.29, 0.717) is 6.54 Å². The number of carbonyl (C=O) groups is 1. The predicted octanol–water partition coefficient (Wildman–Crippen LogP) is 4.33. The number of nitro groups is 1. The van der Waals surface area contributed by atoms with Crippen molar-refractivity contribution in [2.45, 2.75) is 32.3 Å². The van der Waals surface area contributed by atoms with Gasteiger partial charge in [0, 0.05) is 24.6 Å². The fraction of sp³-hybridized carbons (Fsp3) is 0.316. The maximum Gasteiger partial charge on any atom is 0.271 e. The minimum absolute atomic E-state index is 0.0922. The molecule has 0 unspecified atom stereocenters. The second kappa shape index (κ2) is 9.20. The molecule has 2 aromatic carbocycles. The molecule has 0 radical (unpaired) electrons. The van der Waals surface area contributed by atoms with Crippen LogP contribution in [0.1, 0.15) is 31.7 Å². The highest BCUT2D eigenvalue weighted by Crippen LogP contribution is 2.29. The first-order chi connectivity index (χ1) is 12.4. The van der Waals surface area contributed by atoms with E-state index in [4.69, 9.17) is 16.3 Å². The minimum Gasteiger partial charge on any atom is -0.479 e. The van der Waals surface area contributed by atoms with E-state index in [-0.39, 0.29) is 28.3 Å². The molecule has 0 heterocycles. The Morgan fingerprint density at radius 2 is 1.96 bits per heavy atom. The Morgan fingerprint density at radius 1 is 1.27 bits per heavy atom. The summed E-state index contributed by atoms with van der Waals surface area (Å²) >= 11 is 5.99. The highest BCUT2D eigenvalue weighted by Gasteiger charge is 2.19. The number of nitrogens with one attached hydrogen (secondary N) is 1. The summed E-state index contributed by atoms with van der Waals surface area (Å²) in [6.45, 7) is 4.18. The third kappa shape index (κ3) is 5.20. The van der Waals surface area contributed by atoms with E-state index in [2.05, 4.69) is 12.2 Å². The number of rotatable bonds is 8. The van der Waals surface area contributed by atoms with Gasteiger partial charge in [0.1, 0.15) is 5.75 Å². The van der Waals surface area contributed by atoms with Gasteiger partial charge in [-0.1, -0.05) is 48.9 Å². The van der Waals surface area contributed by atoms with Gasteiger partial charge < -0.3 is 10.1 Å². The van der Waals surface area contributed by atoms with Gasteiger partial charge in [0.05, 0.1) is 9.95 Å². The highest BCUT2D eigenvalue weighted by atomic mass is 35.5. The van der Waals surface area contributed by atoms with E-state index in [1.165, 1.54) is 23.8 Å². The van der Waals surface area contributed by atoms with Crippen molar-refractivity contribution in [1.82, 2.24) is 5.32 Å². The zero-order valence-corrected chi connectivity index (χ0v) is 15.4. The van der Waals surface area contributed by atoms with Crippen LogP contribution in [0.4, 0.5) is 5.69 Å². The molecule has 2 rings (SSSR count). The first-order valence-electron chi connectivity index (χ1n) is 8.35. The summed E-state index contributed by atoms with van der Waals surface area (Å²) in [6.07, 6.45) is 0.121. The van der Waals surface area contributed by atoms with Crippen molar-refractivity contribution in [3.63, 3.8) is 0 Å². The Labute approximate surface area is 157 Å². The van der Waals surface area contributed by atoms with Crippen molar-refractivity contribution in [2.24, 2.45) is 0 Å². The van der Waals surface area contributed by atoms with Crippen LogP contribution in [0, 0.1) is 10.1 Å². The smallest absolute Gasteiger partial charge is 0.271 e. The molecule has 2 atom stereocenters. The summed E-state index contributed by atoms with van der Waals surface area (Å²) < 4.78 is 5.55. The zero-order valence-electron chi connectivity index (χ0n) is 14.6. The second-order valence-electron chi connectivity index (χ2n) is 5.89. The molecule has 26 heavy (non-hydrogen) atoms. The number of nitro benzene ring substituents is 1. The van der Waals surface area contributed by atoms with Gasteiger partial charge >= 0.3 is 0 Å². The fourth-order valence-corrected chi connectivity index (χ4v) is 2.75. The van der Waals surface area contributed by atoms with Gasteiger partial charge in [0.15, 0.2) is 6.10 Å². The Balaban J connectivity index is 1.94. The van der Waals surface area contributed by atoms with Crippen molar-refractivity contribution in [2.75, 3.05) is 6.54 Å². The molecule has 0 fully saturated rings. The third-order valence-corrected chi connectivity index (χ3v) is 4.38. The lowest BCUT2D eigenvalue weighted by molar-refractivity contribution is -0.384. The molecule has 0 aliphatic rings. The molecule has 0 saturated carbocycles. The number of non-ortho nitro benzene ring substituents is 1. The normalized spacial score (nSPS) is 12.9. The summed E-state index contributed by atoms with van der Waals surface area (Å²) in [6, 6.07) is 13.9. The molecule has 0 bridgehead atoms. The average molecular weight is 377 g/mol. The minimum atomic E-state index is -0.776. The van der Waals surface area contributed by atoms with Gasteiger partial charge in [-0.3, -0.25) is 14.9 Å². The second-order valence-corrected chi connectivity index (χ2v) is 6.30. The van der Waals surface area contributed by atoms with E-state index >= 15 is 0 Å². The van der Waals surface area contributed by atoms with Gasteiger partial charge in [-0.25, -0.2) is 0 Å². The molecular weight excluding hydrogens is 356 g/mol. The molecule has 7 heteroatoms. The zero-order chi connectivity index (χ0) is 19.1. The fourth-order valence-electron chi connectivity index (χ4n) is 2.53. The largest absolute Gasteiger partial charge is 0.479 e.